The van der Waals surface area contributed by atoms with Gasteiger partial charge in [-0.3, -0.25) is 0 Å². The number of nitrogens with one attached hydrogen (secondary N) is 1. The van der Waals surface area contributed by atoms with E-state index in [9.17, 15) is 15.8 Å². The highest BCUT2D eigenvalue weighted by atomic mass is 16.5. The summed E-state index contributed by atoms with van der Waals surface area (Å²) in [5.74, 6) is 1.30. The van der Waals surface area contributed by atoms with Gasteiger partial charge in [-0.1, -0.05) is 24.3 Å². The summed E-state index contributed by atoms with van der Waals surface area (Å²) in [5.41, 5.74) is 1.87. The standard InChI is InChI=1S/C23H20N4O/c1-23(2)20(19(13-26)22(28-23)17(11-24)12-25)14-7-9-18(10-8-14)27-21-15-3-4-16(21)6-5-15/h3-4,7-10,15-16,21,27H,5-6H2,1-2H3/t15-,16+,21-. The van der Waals surface area contributed by atoms with Gasteiger partial charge in [-0.25, -0.2) is 0 Å². The monoisotopic (exact) mass is 368 g/mol. The summed E-state index contributed by atoms with van der Waals surface area (Å²) in [6.45, 7) is 3.68. The topological polar surface area (TPSA) is 92.6 Å². The van der Waals surface area contributed by atoms with E-state index < -0.39 is 5.60 Å². The Labute approximate surface area is 164 Å². The Morgan fingerprint density at radius 3 is 2.14 bits per heavy atom. The maximum atomic E-state index is 9.69. The van der Waals surface area contributed by atoms with Crippen molar-refractivity contribution >= 4 is 11.3 Å². The van der Waals surface area contributed by atoms with Crippen molar-refractivity contribution in [3.63, 3.8) is 0 Å². The third kappa shape index (κ3) is 2.75. The predicted molar refractivity (Wildman–Crippen MR) is 105 cm³/mol. The smallest absolute Gasteiger partial charge is 0.172 e. The van der Waals surface area contributed by atoms with Gasteiger partial charge in [0.25, 0.3) is 0 Å². The average Bonchev–Trinajstić information content (AvgIpc) is 3.34. The van der Waals surface area contributed by atoms with Crippen LogP contribution in [0.5, 0.6) is 0 Å². The van der Waals surface area contributed by atoms with Crippen molar-refractivity contribution in [1.82, 2.24) is 0 Å². The van der Waals surface area contributed by atoms with Crippen LogP contribution in [-0.4, -0.2) is 11.6 Å². The van der Waals surface area contributed by atoms with E-state index in [1.807, 2.05) is 50.3 Å². The quantitative estimate of drug-likeness (QED) is 0.628. The molecule has 1 aromatic carbocycles. The molecule has 4 rings (SSSR count). The first-order valence-electron chi connectivity index (χ1n) is 9.42. The molecule has 0 aromatic heterocycles. The fourth-order valence-electron chi connectivity index (χ4n) is 4.59. The molecular weight excluding hydrogens is 348 g/mol. The Kier molecular flexibility index (Phi) is 4.21. The van der Waals surface area contributed by atoms with E-state index >= 15 is 0 Å². The van der Waals surface area contributed by atoms with Crippen LogP contribution in [0.3, 0.4) is 0 Å². The van der Waals surface area contributed by atoms with Gasteiger partial charge < -0.3 is 10.1 Å². The summed E-state index contributed by atoms with van der Waals surface area (Å²) in [6, 6.07) is 14.2. The van der Waals surface area contributed by atoms with E-state index in [-0.39, 0.29) is 16.9 Å². The molecule has 2 aliphatic carbocycles. The van der Waals surface area contributed by atoms with Crippen LogP contribution in [0.25, 0.3) is 5.57 Å². The van der Waals surface area contributed by atoms with E-state index in [0.717, 1.165) is 11.3 Å². The van der Waals surface area contributed by atoms with Crippen LogP contribution in [0, 0.1) is 45.8 Å². The normalized spacial score (nSPS) is 26.4. The van der Waals surface area contributed by atoms with Gasteiger partial charge in [-0.2, -0.15) is 15.8 Å². The maximum absolute atomic E-state index is 9.69. The molecule has 1 fully saturated rings. The van der Waals surface area contributed by atoms with Crippen LogP contribution in [0.1, 0.15) is 32.3 Å². The Morgan fingerprint density at radius 2 is 1.64 bits per heavy atom. The number of nitrogens with zero attached hydrogens (tertiary/aromatic N) is 3. The van der Waals surface area contributed by atoms with Crippen LogP contribution in [0.15, 0.2) is 53.3 Å². The summed E-state index contributed by atoms with van der Waals surface area (Å²) >= 11 is 0. The van der Waals surface area contributed by atoms with Crippen molar-refractivity contribution < 1.29 is 4.74 Å². The molecule has 5 heteroatoms. The zero-order valence-electron chi connectivity index (χ0n) is 15.9. The van der Waals surface area contributed by atoms with E-state index in [1.165, 1.54) is 12.8 Å². The summed E-state index contributed by atoms with van der Waals surface area (Å²) in [5, 5.41) is 31.7. The number of hydrogen-bond donors (Lipinski definition) is 1. The van der Waals surface area contributed by atoms with Crippen molar-refractivity contribution in [3.8, 4) is 18.2 Å². The molecule has 0 radical (unpaired) electrons. The van der Waals surface area contributed by atoms with E-state index in [0.29, 0.717) is 23.5 Å². The lowest BCUT2D eigenvalue weighted by Gasteiger charge is -2.23. The van der Waals surface area contributed by atoms with Crippen molar-refractivity contribution in [1.29, 1.82) is 15.8 Å². The summed E-state index contributed by atoms with van der Waals surface area (Å²) in [4.78, 5) is 0. The Hall–Kier alpha value is -3.49. The molecule has 1 heterocycles. The Morgan fingerprint density at radius 1 is 1.04 bits per heavy atom. The highest BCUT2D eigenvalue weighted by molar-refractivity contribution is 5.84. The molecule has 0 saturated heterocycles. The molecule has 3 atom stereocenters. The number of benzene rings is 1. The fraction of sp³-hybridized carbons (Fsp3) is 0.348. The molecular formula is C23H20N4O. The third-order valence-electron chi connectivity index (χ3n) is 5.87. The number of rotatable bonds is 3. The fourth-order valence-corrected chi connectivity index (χ4v) is 4.59. The Bertz CT molecular complexity index is 1010. The molecule has 0 spiro atoms. The number of allylic oxidation sites excluding steroid dienone is 2. The highest BCUT2D eigenvalue weighted by Crippen LogP contribution is 2.45. The Balaban J connectivity index is 1.67. The van der Waals surface area contributed by atoms with Gasteiger partial charge in [0.1, 0.15) is 29.4 Å². The highest BCUT2D eigenvalue weighted by Gasteiger charge is 2.41. The van der Waals surface area contributed by atoms with Crippen LogP contribution in [0.2, 0.25) is 0 Å². The molecule has 28 heavy (non-hydrogen) atoms. The van der Waals surface area contributed by atoms with Crippen LogP contribution in [-0.2, 0) is 4.74 Å². The molecule has 2 bridgehead atoms. The average molecular weight is 368 g/mol. The first-order valence-corrected chi connectivity index (χ1v) is 9.42. The lowest BCUT2D eigenvalue weighted by atomic mass is 9.89. The summed E-state index contributed by atoms with van der Waals surface area (Å²) in [6.07, 6.45) is 7.13. The van der Waals surface area contributed by atoms with Crippen molar-refractivity contribution in [2.24, 2.45) is 11.8 Å². The molecule has 1 aromatic rings. The minimum absolute atomic E-state index is 0.0725. The van der Waals surface area contributed by atoms with Gasteiger partial charge in [0.2, 0.25) is 0 Å². The van der Waals surface area contributed by atoms with E-state index in [4.69, 9.17) is 4.74 Å². The van der Waals surface area contributed by atoms with Crippen LogP contribution < -0.4 is 5.32 Å². The molecule has 138 valence electrons. The predicted octanol–water partition coefficient (Wildman–Crippen LogP) is 4.45. The van der Waals surface area contributed by atoms with E-state index in [1.54, 1.807) is 0 Å². The van der Waals surface area contributed by atoms with Gasteiger partial charge in [0, 0.05) is 17.3 Å². The molecule has 1 N–H and O–H groups in total. The molecule has 3 aliphatic rings. The minimum atomic E-state index is -0.803. The van der Waals surface area contributed by atoms with Gasteiger partial charge in [-0.05, 0) is 56.2 Å². The second-order valence-electron chi connectivity index (χ2n) is 7.94. The van der Waals surface area contributed by atoms with Crippen molar-refractivity contribution in [2.45, 2.75) is 38.3 Å². The first-order chi connectivity index (χ1) is 13.5. The van der Waals surface area contributed by atoms with E-state index in [2.05, 4.69) is 23.5 Å². The summed E-state index contributed by atoms with van der Waals surface area (Å²) in [7, 11) is 0. The molecule has 1 saturated carbocycles. The minimum Gasteiger partial charge on any atom is -0.480 e. The molecule has 0 amide bonds. The zero-order valence-corrected chi connectivity index (χ0v) is 15.9. The number of nitriles is 3. The molecule has 5 nitrogen and oxygen atoms in total. The lowest BCUT2D eigenvalue weighted by molar-refractivity contribution is 0.109. The second-order valence-corrected chi connectivity index (χ2v) is 7.94. The number of ether oxygens (including phenoxy) is 1. The summed E-state index contributed by atoms with van der Waals surface area (Å²) < 4.78 is 5.85. The van der Waals surface area contributed by atoms with Crippen LogP contribution >= 0.6 is 0 Å². The lowest BCUT2D eigenvalue weighted by Crippen LogP contribution is -2.25. The van der Waals surface area contributed by atoms with Crippen molar-refractivity contribution in [3.05, 3.63) is 58.9 Å². The number of fused-ring (bicyclic) bond motifs is 2. The number of hydrogen-bond acceptors (Lipinski definition) is 5. The van der Waals surface area contributed by atoms with Crippen LogP contribution in [0.4, 0.5) is 5.69 Å². The first kappa shape index (κ1) is 17.9. The molecule has 0 unspecified atom stereocenters. The SMILES string of the molecule is CC1(C)OC(=C(C#N)C#N)C(C#N)=C1c1ccc(N[C@@H]2[C@@H]3C=C[C@H]2CC3)cc1. The third-order valence-corrected chi connectivity index (χ3v) is 5.87. The molecule has 1 aliphatic heterocycles. The van der Waals surface area contributed by atoms with Gasteiger partial charge >= 0.3 is 0 Å². The van der Waals surface area contributed by atoms with Crippen molar-refractivity contribution in [2.75, 3.05) is 5.32 Å². The maximum Gasteiger partial charge on any atom is 0.172 e. The zero-order chi connectivity index (χ0) is 19.9. The van der Waals surface area contributed by atoms with Gasteiger partial charge in [0.05, 0.1) is 0 Å². The largest absolute Gasteiger partial charge is 0.480 e. The van der Waals surface area contributed by atoms with Gasteiger partial charge in [0.15, 0.2) is 11.3 Å². The second kappa shape index (κ2) is 6.59. The number of anilines is 1. The van der Waals surface area contributed by atoms with Gasteiger partial charge in [-0.15, -0.1) is 0 Å².